The summed E-state index contributed by atoms with van der Waals surface area (Å²) in [6, 6.07) is 18.9. The Labute approximate surface area is 177 Å². The number of amidine groups is 1. The molecule has 0 fully saturated rings. The normalized spacial score (nSPS) is 15.0. The second-order valence-corrected chi connectivity index (χ2v) is 7.15. The maximum absolute atomic E-state index is 13.3. The Balaban J connectivity index is 1.80. The lowest BCUT2D eigenvalue weighted by molar-refractivity contribution is -0.113. The van der Waals surface area contributed by atoms with Gasteiger partial charge in [-0.25, -0.2) is 4.99 Å². The molecule has 1 aromatic heterocycles. The van der Waals surface area contributed by atoms with Gasteiger partial charge < -0.3 is 4.74 Å². The molecule has 1 aliphatic rings. The highest BCUT2D eigenvalue weighted by Gasteiger charge is 2.33. The molecule has 0 bridgehead atoms. The molecular weight excluding hydrogens is 430 g/mol. The minimum absolute atomic E-state index is 0.184. The summed E-state index contributed by atoms with van der Waals surface area (Å²) in [6.07, 6.45) is 5.15. The van der Waals surface area contributed by atoms with E-state index in [-0.39, 0.29) is 5.91 Å². The van der Waals surface area contributed by atoms with Crippen LogP contribution in [0, 0.1) is 0 Å². The molecule has 0 radical (unpaired) electrons. The van der Waals surface area contributed by atoms with Crippen LogP contribution in [0.5, 0.6) is 5.75 Å². The van der Waals surface area contributed by atoms with Crippen molar-refractivity contribution in [2.75, 3.05) is 11.5 Å². The summed E-state index contributed by atoms with van der Waals surface area (Å²) in [7, 11) is 0. The number of aliphatic imine (C=N–C) groups is 1. The van der Waals surface area contributed by atoms with Crippen molar-refractivity contribution >= 4 is 39.4 Å². The van der Waals surface area contributed by atoms with Gasteiger partial charge in [0.1, 0.15) is 17.3 Å². The number of pyridine rings is 1. The number of nitrogens with zero attached hydrogens (tertiary/aromatic N) is 3. The number of anilines is 1. The highest BCUT2D eigenvalue weighted by molar-refractivity contribution is 9.10. The quantitative estimate of drug-likeness (QED) is 0.512. The first kappa shape index (κ1) is 19.1. The smallest absolute Gasteiger partial charge is 0.282 e. The first-order valence-electron chi connectivity index (χ1n) is 9.20. The number of rotatable bonds is 5. The molecule has 3 aromatic rings. The predicted octanol–water partition coefficient (Wildman–Crippen LogP) is 5.08. The summed E-state index contributed by atoms with van der Waals surface area (Å²) in [5.74, 6) is 1.15. The van der Waals surface area contributed by atoms with E-state index in [9.17, 15) is 4.79 Å². The van der Waals surface area contributed by atoms with Gasteiger partial charge in [0.15, 0.2) is 0 Å². The summed E-state index contributed by atoms with van der Waals surface area (Å²) >= 11 is 3.58. The number of hydrogen-bond acceptors (Lipinski definition) is 4. The molecule has 0 saturated heterocycles. The van der Waals surface area contributed by atoms with Crippen LogP contribution in [0.15, 0.2) is 88.2 Å². The third-order valence-electron chi connectivity index (χ3n) is 4.39. The van der Waals surface area contributed by atoms with Gasteiger partial charge in [-0.1, -0.05) is 34.1 Å². The van der Waals surface area contributed by atoms with E-state index in [1.54, 1.807) is 23.4 Å². The molecule has 2 heterocycles. The third-order valence-corrected chi connectivity index (χ3v) is 5.08. The average Bonchev–Trinajstić information content (AvgIpc) is 3.06. The number of carbonyl (C=O) groups is 1. The monoisotopic (exact) mass is 447 g/mol. The van der Waals surface area contributed by atoms with Gasteiger partial charge in [0, 0.05) is 22.4 Å². The fourth-order valence-electron chi connectivity index (χ4n) is 3.06. The standard InChI is InChI=1S/C23H18BrN3O2/c1-2-29-18-9-7-17(8-10-18)27-22(19-5-3-4-6-20(19)24)26-21(23(27)28)15-16-11-13-25-14-12-16/h3-15H,2H2,1H3/b21-15+. The van der Waals surface area contributed by atoms with E-state index in [1.807, 2.05) is 67.6 Å². The van der Waals surface area contributed by atoms with Crippen molar-refractivity contribution in [3.63, 3.8) is 0 Å². The molecule has 29 heavy (non-hydrogen) atoms. The van der Waals surface area contributed by atoms with Crippen molar-refractivity contribution in [2.24, 2.45) is 4.99 Å². The molecule has 6 heteroatoms. The highest BCUT2D eigenvalue weighted by Crippen LogP contribution is 2.31. The maximum Gasteiger partial charge on any atom is 0.282 e. The van der Waals surface area contributed by atoms with Crippen LogP contribution in [-0.2, 0) is 4.79 Å². The Hall–Kier alpha value is -3.25. The largest absolute Gasteiger partial charge is 0.494 e. The van der Waals surface area contributed by atoms with Crippen molar-refractivity contribution in [1.29, 1.82) is 0 Å². The minimum Gasteiger partial charge on any atom is -0.494 e. The number of halogens is 1. The molecule has 2 aromatic carbocycles. The van der Waals surface area contributed by atoms with Gasteiger partial charge in [-0.05, 0) is 61.0 Å². The second kappa shape index (κ2) is 8.41. The molecule has 144 valence electrons. The summed E-state index contributed by atoms with van der Waals surface area (Å²) in [6.45, 7) is 2.52. The Morgan fingerprint density at radius 1 is 1.03 bits per heavy atom. The number of carbonyl (C=O) groups excluding carboxylic acids is 1. The van der Waals surface area contributed by atoms with Gasteiger partial charge in [0.05, 0.1) is 12.3 Å². The molecule has 0 unspecified atom stereocenters. The van der Waals surface area contributed by atoms with Crippen molar-refractivity contribution in [2.45, 2.75) is 6.92 Å². The number of amides is 1. The second-order valence-electron chi connectivity index (χ2n) is 6.29. The number of benzene rings is 2. The van der Waals surface area contributed by atoms with Gasteiger partial charge >= 0.3 is 0 Å². The molecular formula is C23H18BrN3O2. The molecule has 0 saturated carbocycles. The SMILES string of the molecule is CCOc1ccc(N2C(=O)/C(=C\c3ccncc3)N=C2c2ccccc2Br)cc1. The van der Waals surface area contributed by atoms with E-state index >= 15 is 0 Å². The van der Waals surface area contributed by atoms with Gasteiger partial charge in [-0.3, -0.25) is 14.7 Å². The third kappa shape index (κ3) is 3.98. The Morgan fingerprint density at radius 2 is 1.76 bits per heavy atom. The molecule has 1 amide bonds. The van der Waals surface area contributed by atoms with Crippen molar-refractivity contribution in [3.8, 4) is 5.75 Å². The highest BCUT2D eigenvalue weighted by atomic mass is 79.9. The van der Waals surface area contributed by atoms with Crippen LogP contribution < -0.4 is 9.64 Å². The fourth-order valence-corrected chi connectivity index (χ4v) is 3.52. The van der Waals surface area contributed by atoms with Gasteiger partial charge in [0.2, 0.25) is 0 Å². The summed E-state index contributed by atoms with van der Waals surface area (Å²) in [5, 5.41) is 0. The summed E-state index contributed by atoms with van der Waals surface area (Å²) < 4.78 is 6.39. The Kier molecular flexibility index (Phi) is 5.53. The fraction of sp³-hybridized carbons (Fsp3) is 0.0870. The Bertz CT molecular complexity index is 1090. The van der Waals surface area contributed by atoms with Gasteiger partial charge in [0.25, 0.3) is 5.91 Å². The number of aromatic nitrogens is 1. The van der Waals surface area contributed by atoms with Crippen LogP contribution in [0.2, 0.25) is 0 Å². The van der Waals surface area contributed by atoms with Crippen LogP contribution in [0.25, 0.3) is 6.08 Å². The molecule has 0 atom stereocenters. The van der Waals surface area contributed by atoms with Crippen molar-refractivity contribution < 1.29 is 9.53 Å². The first-order valence-corrected chi connectivity index (χ1v) is 9.99. The topological polar surface area (TPSA) is 54.8 Å². The van der Waals surface area contributed by atoms with E-state index in [4.69, 9.17) is 4.74 Å². The molecule has 5 nitrogen and oxygen atoms in total. The average molecular weight is 448 g/mol. The van der Waals surface area contributed by atoms with E-state index in [1.165, 1.54) is 0 Å². The van der Waals surface area contributed by atoms with E-state index in [0.29, 0.717) is 18.1 Å². The summed E-state index contributed by atoms with van der Waals surface area (Å²) in [5.41, 5.74) is 2.81. The maximum atomic E-state index is 13.3. The van der Waals surface area contributed by atoms with Gasteiger partial charge in [-0.15, -0.1) is 0 Å². The van der Waals surface area contributed by atoms with Crippen molar-refractivity contribution in [3.05, 3.63) is 94.4 Å². The van der Waals surface area contributed by atoms with Crippen LogP contribution >= 0.6 is 15.9 Å². The van der Waals surface area contributed by atoms with Crippen LogP contribution in [0.1, 0.15) is 18.1 Å². The molecule has 0 spiro atoms. The van der Waals surface area contributed by atoms with Crippen molar-refractivity contribution in [1.82, 2.24) is 4.98 Å². The van der Waals surface area contributed by atoms with E-state index in [0.717, 1.165) is 27.0 Å². The van der Waals surface area contributed by atoms with Crippen LogP contribution in [0.4, 0.5) is 5.69 Å². The van der Waals surface area contributed by atoms with Crippen LogP contribution in [0.3, 0.4) is 0 Å². The number of ether oxygens (including phenoxy) is 1. The molecule has 1 aliphatic heterocycles. The van der Waals surface area contributed by atoms with E-state index < -0.39 is 0 Å². The number of hydrogen-bond donors (Lipinski definition) is 0. The van der Waals surface area contributed by atoms with Gasteiger partial charge in [-0.2, -0.15) is 0 Å². The molecule has 0 N–H and O–H groups in total. The lowest BCUT2D eigenvalue weighted by Gasteiger charge is -2.19. The lowest BCUT2D eigenvalue weighted by Crippen LogP contribution is -2.32. The first-order chi connectivity index (χ1) is 14.2. The molecule has 4 rings (SSSR count). The lowest BCUT2D eigenvalue weighted by atomic mass is 10.1. The molecule has 0 aliphatic carbocycles. The minimum atomic E-state index is -0.184. The Morgan fingerprint density at radius 3 is 2.45 bits per heavy atom. The van der Waals surface area contributed by atoms with E-state index in [2.05, 4.69) is 25.9 Å². The summed E-state index contributed by atoms with van der Waals surface area (Å²) in [4.78, 5) is 23.6. The zero-order valence-electron chi connectivity index (χ0n) is 15.7. The zero-order chi connectivity index (χ0) is 20.2. The van der Waals surface area contributed by atoms with Crippen LogP contribution in [-0.4, -0.2) is 23.3 Å². The predicted molar refractivity (Wildman–Crippen MR) is 118 cm³/mol. The zero-order valence-corrected chi connectivity index (χ0v) is 17.3.